The third kappa shape index (κ3) is 10.2. The molecular formula is C41H48FN5O3S. The van der Waals surface area contributed by atoms with Crippen molar-refractivity contribution in [2.75, 3.05) is 51.6 Å². The summed E-state index contributed by atoms with van der Waals surface area (Å²) in [6.45, 7) is 8.04. The fourth-order valence-corrected chi connectivity index (χ4v) is 7.90. The molecule has 3 aromatic carbocycles. The minimum atomic E-state index is -0.660. The minimum Gasteiger partial charge on any atom is -0.445 e. The fourth-order valence-electron chi connectivity index (χ4n) is 7.08. The molecule has 2 amide bonds. The highest BCUT2D eigenvalue weighted by molar-refractivity contribution is 7.99. The van der Waals surface area contributed by atoms with Crippen molar-refractivity contribution in [3.05, 3.63) is 120 Å². The summed E-state index contributed by atoms with van der Waals surface area (Å²) in [5, 5.41) is 3.00. The van der Waals surface area contributed by atoms with Gasteiger partial charge in [-0.25, -0.2) is 9.18 Å². The zero-order valence-corrected chi connectivity index (χ0v) is 30.2. The number of likely N-dealkylation sites (tertiary alicyclic amines) is 1. The molecule has 0 spiro atoms. The molecule has 51 heavy (non-hydrogen) atoms. The predicted octanol–water partition coefficient (Wildman–Crippen LogP) is 6.89. The number of rotatable bonds is 13. The van der Waals surface area contributed by atoms with Gasteiger partial charge >= 0.3 is 6.09 Å². The Hall–Kier alpha value is -4.25. The Kier molecular flexibility index (Phi) is 13.1. The summed E-state index contributed by atoms with van der Waals surface area (Å²) in [5.74, 6) is 0.606. The number of nitrogens with one attached hydrogen (secondary N) is 1. The number of carbonyl (C=O) groups is 2. The SMILES string of the molecule is CCSc1cc(F)ccc1CN1CCN(C(=O)[C@H](NC(=O)OCc2ccccc2)C2CCN(CCc3ncccc3-c3ccccc3)CC2)CC1. The van der Waals surface area contributed by atoms with Gasteiger partial charge < -0.3 is 19.9 Å². The lowest BCUT2D eigenvalue weighted by Crippen LogP contribution is -2.58. The molecule has 6 rings (SSSR count). The van der Waals surface area contributed by atoms with Crippen LogP contribution in [0.25, 0.3) is 11.1 Å². The molecule has 8 nitrogen and oxygen atoms in total. The van der Waals surface area contributed by atoms with Crippen LogP contribution in [0.4, 0.5) is 9.18 Å². The average Bonchev–Trinajstić information content (AvgIpc) is 3.17. The second-order valence-electron chi connectivity index (χ2n) is 13.3. The molecule has 0 bridgehead atoms. The fraction of sp³-hybridized carbons (Fsp3) is 0.390. The van der Waals surface area contributed by atoms with Gasteiger partial charge in [0.05, 0.1) is 0 Å². The molecular weight excluding hydrogens is 662 g/mol. The van der Waals surface area contributed by atoms with Crippen molar-refractivity contribution in [3.8, 4) is 11.1 Å². The number of aromatic nitrogens is 1. The van der Waals surface area contributed by atoms with Crippen LogP contribution in [0.3, 0.4) is 0 Å². The van der Waals surface area contributed by atoms with Gasteiger partial charge in [0, 0.05) is 68.0 Å². The second kappa shape index (κ2) is 18.3. The average molecular weight is 710 g/mol. The van der Waals surface area contributed by atoms with Gasteiger partial charge in [0.15, 0.2) is 0 Å². The Morgan fingerprint density at radius 3 is 2.35 bits per heavy atom. The molecule has 1 atom stereocenters. The van der Waals surface area contributed by atoms with Crippen molar-refractivity contribution in [2.45, 2.75) is 50.3 Å². The first-order valence-corrected chi connectivity index (χ1v) is 19.1. The van der Waals surface area contributed by atoms with Crippen LogP contribution in [-0.4, -0.2) is 89.3 Å². The van der Waals surface area contributed by atoms with E-state index in [1.165, 1.54) is 11.6 Å². The van der Waals surface area contributed by atoms with Crippen LogP contribution in [0.15, 0.2) is 102 Å². The highest BCUT2D eigenvalue weighted by Crippen LogP contribution is 2.27. The van der Waals surface area contributed by atoms with Crippen molar-refractivity contribution in [1.82, 2.24) is 25.0 Å². The summed E-state index contributed by atoms with van der Waals surface area (Å²) in [6, 6.07) is 28.4. The highest BCUT2D eigenvalue weighted by atomic mass is 32.2. The first-order chi connectivity index (χ1) is 25.0. The number of ether oxygens (including phenoxy) is 1. The zero-order valence-electron chi connectivity index (χ0n) is 29.4. The molecule has 3 heterocycles. The maximum atomic E-state index is 14.2. The quantitative estimate of drug-likeness (QED) is 0.152. The third-order valence-electron chi connectivity index (χ3n) is 9.90. The largest absolute Gasteiger partial charge is 0.445 e. The number of benzene rings is 3. The summed E-state index contributed by atoms with van der Waals surface area (Å²) >= 11 is 1.65. The van der Waals surface area contributed by atoms with E-state index in [1.807, 2.05) is 59.6 Å². The van der Waals surface area contributed by atoms with E-state index < -0.39 is 12.1 Å². The van der Waals surface area contributed by atoms with E-state index in [0.717, 1.165) is 71.9 Å². The summed E-state index contributed by atoms with van der Waals surface area (Å²) in [7, 11) is 0. The lowest BCUT2D eigenvalue weighted by molar-refractivity contribution is -0.137. The lowest BCUT2D eigenvalue weighted by Gasteiger charge is -2.40. The Morgan fingerprint density at radius 2 is 1.63 bits per heavy atom. The number of piperazine rings is 1. The monoisotopic (exact) mass is 709 g/mol. The van der Waals surface area contributed by atoms with Crippen LogP contribution in [0.1, 0.15) is 36.6 Å². The Morgan fingerprint density at radius 1 is 0.902 bits per heavy atom. The molecule has 268 valence electrons. The summed E-state index contributed by atoms with van der Waals surface area (Å²) in [5.41, 5.74) is 5.41. The van der Waals surface area contributed by atoms with Gasteiger partial charge in [-0.3, -0.25) is 14.7 Å². The number of piperidine rings is 1. The van der Waals surface area contributed by atoms with Crippen LogP contribution < -0.4 is 5.32 Å². The number of thioether (sulfide) groups is 1. The first-order valence-electron chi connectivity index (χ1n) is 18.1. The van der Waals surface area contributed by atoms with Gasteiger partial charge in [0.2, 0.25) is 5.91 Å². The van der Waals surface area contributed by atoms with Crippen molar-refractivity contribution < 1.29 is 18.7 Å². The summed E-state index contributed by atoms with van der Waals surface area (Å²) in [6.07, 6.45) is 3.72. The number of hydrogen-bond donors (Lipinski definition) is 1. The van der Waals surface area contributed by atoms with E-state index in [1.54, 1.807) is 17.8 Å². The maximum Gasteiger partial charge on any atom is 0.408 e. The van der Waals surface area contributed by atoms with E-state index in [-0.39, 0.29) is 24.2 Å². The number of carbonyl (C=O) groups excluding carboxylic acids is 2. The number of hydrogen-bond acceptors (Lipinski definition) is 7. The molecule has 10 heteroatoms. The van der Waals surface area contributed by atoms with Crippen LogP contribution in [0, 0.1) is 11.7 Å². The van der Waals surface area contributed by atoms with Gasteiger partial charge in [-0.1, -0.05) is 79.7 Å². The molecule has 0 unspecified atom stereocenters. The molecule has 2 aliphatic rings. The number of alkyl carbamates (subject to hydrolysis) is 1. The summed E-state index contributed by atoms with van der Waals surface area (Å²) < 4.78 is 19.5. The second-order valence-corrected chi connectivity index (χ2v) is 14.6. The van der Waals surface area contributed by atoms with E-state index >= 15 is 0 Å². The van der Waals surface area contributed by atoms with Gasteiger partial charge in [0.1, 0.15) is 18.5 Å². The lowest BCUT2D eigenvalue weighted by atomic mass is 9.88. The number of amides is 2. The Labute approximate surface area is 305 Å². The van der Waals surface area contributed by atoms with Gasteiger partial charge in [-0.15, -0.1) is 11.8 Å². The normalized spacial score (nSPS) is 16.5. The van der Waals surface area contributed by atoms with Crippen LogP contribution in [-0.2, 0) is 29.1 Å². The molecule has 4 aromatic rings. The van der Waals surface area contributed by atoms with Gasteiger partial charge in [-0.05, 0) is 72.5 Å². The molecule has 2 saturated heterocycles. The van der Waals surface area contributed by atoms with Crippen molar-refractivity contribution in [1.29, 1.82) is 0 Å². The number of nitrogens with zero attached hydrogens (tertiary/aromatic N) is 4. The van der Waals surface area contributed by atoms with E-state index in [4.69, 9.17) is 9.72 Å². The maximum absolute atomic E-state index is 14.2. The molecule has 1 aromatic heterocycles. The van der Waals surface area contributed by atoms with Crippen molar-refractivity contribution in [3.63, 3.8) is 0 Å². The molecule has 1 N–H and O–H groups in total. The Bertz CT molecular complexity index is 1710. The van der Waals surface area contributed by atoms with E-state index in [9.17, 15) is 14.0 Å². The summed E-state index contributed by atoms with van der Waals surface area (Å²) in [4.78, 5) is 39.7. The third-order valence-corrected chi connectivity index (χ3v) is 10.9. The van der Waals surface area contributed by atoms with Crippen molar-refractivity contribution in [2.24, 2.45) is 5.92 Å². The molecule has 0 aliphatic carbocycles. The van der Waals surface area contributed by atoms with E-state index in [0.29, 0.717) is 32.7 Å². The number of halogens is 1. The first kappa shape index (κ1) is 36.5. The molecule has 2 fully saturated rings. The van der Waals surface area contributed by atoms with Gasteiger partial charge in [-0.2, -0.15) is 0 Å². The standard InChI is InChI=1S/C41H48FN5O3S/c1-2-51-38-28-35(42)16-15-34(38)29-46-24-26-47(27-25-46)40(48)39(44-41(49)50-30-31-10-5-3-6-11-31)33-17-21-45(22-18-33)23-19-37-36(14-9-20-43-37)32-12-7-4-8-13-32/h3-16,20,28,33,39H,2,17-19,21-27,29-30H2,1H3,(H,44,49)/t39-/m1/s1. The Balaban J connectivity index is 1.06. The van der Waals surface area contributed by atoms with Crippen LogP contribution in [0.5, 0.6) is 0 Å². The van der Waals surface area contributed by atoms with Crippen LogP contribution >= 0.6 is 11.8 Å². The number of pyridine rings is 1. The smallest absolute Gasteiger partial charge is 0.408 e. The molecule has 0 radical (unpaired) electrons. The molecule has 0 saturated carbocycles. The predicted molar refractivity (Wildman–Crippen MR) is 201 cm³/mol. The van der Waals surface area contributed by atoms with Gasteiger partial charge in [0.25, 0.3) is 0 Å². The van der Waals surface area contributed by atoms with Crippen molar-refractivity contribution >= 4 is 23.8 Å². The van der Waals surface area contributed by atoms with Crippen LogP contribution in [0.2, 0.25) is 0 Å². The highest BCUT2D eigenvalue weighted by Gasteiger charge is 2.36. The molecule has 2 aliphatic heterocycles. The minimum absolute atomic E-state index is 0.00127. The topological polar surface area (TPSA) is 78.0 Å². The zero-order chi connectivity index (χ0) is 35.4. The van der Waals surface area contributed by atoms with E-state index in [2.05, 4.69) is 52.4 Å².